The number of hydrogen-bond acceptors (Lipinski definition) is 1. The van der Waals surface area contributed by atoms with Crippen LogP contribution >= 0.6 is 0 Å². The van der Waals surface area contributed by atoms with E-state index in [9.17, 15) is 4.39 Å². The Labute approximate surface area is 84.1 Å². The molecule has 1 aromatic rings. The predicted molar refractivity (Wildman–Crippen MR) is 56.9 cm³/mol. The monoisotopic (exact) mass is 193 g/mol. The second-order valence-electron chi connectivity index (χ2n) is 4.12. The van der Waals surface area contributed by atoms with E-state index in [1.807, 2.05) is 24.3 Å². The summed E-state index contributed by atoms with van der Waals surface area (Å²) in [6, 6.07) is 7.63. The van der Waals surface area contributed by atoms with Crippen molar-refractivity contribution in [3.8, 4) is 0 Å². The summed E-state index contributed by atoms with van der Waals surface area (Å²) in [4.78, 5) is 0. The molecule has 1 aliphatic rings. The van der Waals surface area contributed by atoms with Crippen molar-refractivity contribution in [3.63, 3.8) is 0 Å². The van der Waals surface area contributed by atoms with Crippen molar-refractivity contribution in [1.29, 1.82) is 0 Å². The molecule has 1 atom stereocenters. The highest BCUT2D eigenvalue weighted by molar-refractivity contribution is 5.40. The van der Waals surface area contributed by atoms with E-state index >= 15 is 0 Å². The fourth-order valence-electron chi connectivity index (χ4n) is 2.07. The van der Waals surface area contributed by atoms with E-state index in [-0.39, 0.29) is 12.6 Å². The molecule has 1 saturated carbocycles. The van der Waals surface area contributed by atoms with Crippen LogP contribution in [0.2, 0.25) is 0 Å². The van der Waals surface area contributed by atoms with E-state index in [4.69, 9.17) is 5.73 Å². The summed E-state index contributed by atoms with van der Waals surface area (Å²) in [6.07, 6.45) is 3.62. The number of anilines is 1. The minimum absolute atomic E-state index is 0.101. The summed E-state index contributed by atoms with van der Waals surface area (Å²) in [5, 5.41) is 0. The van der Waals surface area contributed by atoms with Crippen molar-refractivity contribution in [3.05, 3.63) is 29.8 Å². The quantitative estimate of drug-likeness (QED) is 0.733. The molecule has 0 aromatic heterocycles. The number of nitrogens with two attached hydrogens (primary N) is 1. The average molecular weight is 193 g/mol. The van der Waals surface area contributed by atoms with Gasteiger partial charge in [-0.05, 0) is 36.5 Å². The largest absolute Gasteiger partial charge is 0.399 e. The smallest absolute Gasteiger partial charge is 0.0965 e. The maximum Gasteiger partial charge on any atom is 0.0965 e. The lowest BCUT2D eigenvalue weighted by Crippen LogP contribution is -2.21. The van der Waals surface area contributed by atoms with Gasteiger partial charge in [-0.2, -0.15) is 0 Å². The Balaban J connectivity index is 2.14. The first-order valence-electron chi connectivity index (χ1n) is 5.22. The lowest BCUT2D eigenvalue weighted by molar-refractivity contribution is 0.227. The van der Waals surface area contributed by atoms with E-state index in [0.717, 1.165) is 11.3 Å². The van der Waals surface area contributed by atoms with Crippen LogP contribution in [0.3, 0.4) is 0 Å². The average Bonchev–Trinajstić information content (AvgIpc) is 2.13. The molecule has 0 radical (unpaired) electrons. The van der Waals surface area contributed by atoms with Gasteiger partial charge in [0.2, 0.25) is 0 Å². The highest BCUT2D eigenvalue weighted by Crippen LogP contribution is 2.39. The molecule has 0 spiro atoms. The van der Waals surface area contributed by atoms with Crippen LogP contribution in [-0.2, 0) is 0 Å². The molecule has 2 rings (SSSR count). The van der Waals surface area contributed by atoms with Crippen molar-refractivity contribution in [2.24, 2.45) is 5.92 Å². The number of halogens is 1. The van der Waals surface area contributed by atoms with E-state index in [0.29, 0.717) is 5.92 Å². The first-order chi connectivity index (χ1) is 6.81. The number of benzene rings is 1. The molecule has 0 amide bonds. The molecular weight excluding hydrogens is 177 g/mol. The van der Waals surface area contributed by atoms with Crippen LogP contribution in [0, 0.1) is 5.92 Å². The van der Waals surface area contributed by atoms with Gasteiger partial charge in [-0.3, -0.25) is 4.39 Å². The summed E-state index contributed by atoms with van der Waals surface area (Å²) in [6.45, 7) is -0.241. The third-order valence-corrected chi connectivity index (χ3v) is 3.25. The van der Waals surface area contributed by atoms with Gasteiger partial charge in [0, 0.05) is 11.6 Å². The highest BCUT2D eigenvalue weighted by atomic mass is 19.1. The van der Waals surface area contributed by atoms with E-state index in [1.165, 1.54) is 19.3 Å². The van der Waals surface area contributed by atoms with Crippen LogP contribution in [0.15, 0.2) is 24.3 Å². The molecule has 2 N–H and O–H groups in total. The Morgan fingerprint density at radius 3 is 2.36 bits per heavy atom. The zero-order valence-corrected chi connectivity index (χ0v) is 8.25. The predicted octanol–water partition coefficient (Wildman–Crippen LogP) is 3.12. The van der Waals surface area contributed by atoms with Crippen LogP contribution in [-0.4, -0.2) is 6.67 Å². The van der Waals surface area contributed by atoms with Crippen molar-refractivity contribution < 1.29 is 4.39 Å². The minimum atomic E-state index is -0.241. The summed E-state index contributed by atoms with van der Waals surface area (Å²) in [7, 11) is 0. The molecule has 0 heterocycles. The summed E-state index contributed by atoms with van der Waals surface area (Å²) >= 11 is 0. The first-order valence-corrected chi connectivity index (χ1v) is 5.22. The molecule has 1 nitrogen and oxygen atoms in total. The topological polar surface area (TPSA) is 26.0 Å². The van der Waals surface area contributed by atoms with Gasteiger partial charge in [0.1, 0.15) is 0 Å². The molecule has 1 aliphatic carbocycles. The Morgan fingerprint density at radius 1 is 1.29 bits per heavy atom. The molecule has 1 aromatic carbocycles. The van der Waals surface area contributed by atoms with Gasteiger partial charge in [0.15, 0.2) is 0 Å². The maximum absolute atomic E-state index is 12.9. The summed E-state index contributed by atoms with van der Waals surface area (Å²) < 4.78 is 12.9. The van der Waals surface area contributed by atoms with Crippen LogP contribution < -0.4 is 5.73 Å². The van der Waals surface area contributed by atoms with Gasteiger partial charge in [-0.1, -0.05) is 18.6 Å². The fourth-order valence-corrected chi connectivity index (χ4v) is 2.07. The Hall–Kier alpha value is -1.05. The van der Waals surface area contributed by atoms with Crippen LogP contribution in [0.25, 0.3) is 0 Å². The van der Waals surface area contributed by atoms with Gasteiger partial charge in [0.25, 0.3) is 0 Å². The number of hydrogen-bond donors (Lipinski definition) is 1. The van der Waals surface area contributed by atoms with Crippen molar-refractivity contribution >= 4 is 5.69 Å². The second kappa shape index (κ2) is 3.99. The molecule has 0 bridgehead atoms. The Bertz CT molecular complexity index is 290. The van der Waals surface area contributed by atoms with Gasteiger partial charge in [-0.15, -0.1) is 0 Å². The van der Waals surface area contributed by atoms with Crippen LogP contribution in [0.1, 0.15) is 30.7 Å². The van der Waals surface area contributed by atoms with Gasteiger partial charge in [0.05, 0.1) is 6.67 Å². The van der Waals surface area contributed by atoms with Crippen molar-refractivity contribution in [2.75, 3.05) is 12.4 Å². The lowest BCUT2D eigenvalue weighted by Gasteiger charge is -2.32. The summed E-state index contributed by atoms with van der Waals surface area (Å²) in [5.41, 5.74) is 7.45. The van der Waals surface area contributed by atoms with E-state index < -0.39 is 0 Å². The van der Waals surface area contributed by atoms with E-state index in [2.05, 4.69) is 0 Å². The zero-order valence-electron chi connectivity index (χ0n) is 8.25. The number of rotatable bonds is 3. The fraction of sp³-hybridized carbons (Fsp3) is 0.500. The van der Waals surface area contributed by atoms with E-state index in [1.54, 1.807) is 0 Å². The maximum atomic E-state index is 12.9. The van der Waals surface area contributed by atoms with Crippen LogP contribution in [0.5, 0.6) is 0 Å². The highest BCUT2D eigenvalue weighted by Gasteiger charge is 2.28. The molecular formula is C12H16FN. The van der Waals surface area contributed by atoms with Crippen LogP contribution in [0.4, 0.5) is 10.1 Å². The molecule has 14 heavy (non-hydrogen) atoms. The first kappa shape index (κ1) is 9.50. The van der Waals surface area contributed by atoms with Gasteiger partial charge >= 0.3 is 0 Å². The summed E-state index contributed by atoms with van der Waals surface area (Å²) in [5.74, 6) is 0.660. The lowest BCUT2D eigenvalue weighted by atomic mass is 9.73. The molecule has 2 heteroatoms. The molecule has 1 fully saturated rings. The number of alkyl halides is 1. The van der Waals surface area contributed by atoms with Gasteiger partial charge < -0.3 is 5.73 Å². The molecule has 0 saturated heterocycles. The minimum Gasteiger partial charge on any atom is -0.399 e. The van der Waals surface area contributed by atoms with Crippen molar-refractivity contribution in [2.45, 2.75) is 25.2 Å². The molecule has 0 aliphatic heterocycles. The molecule has 76 valence electrons. The Kier molecular flexibility index (Phi) is 2.71. The number of nitrogen functional groups attached to an aromatic ring is 1. The van der Waals surface area contributed by atoms with Gasteiger partial charge in [-0.25, -0.2) is 0 Å². The molecule has 1 unspecified atom stereocenters. The normalized spacial score (nSPS) is 18.9. The SMILES string of the molecule is Nc1ccc(C(CF)C2CCC2)cc1. The standard InChI is InChI=1S/C12H16FN/c13-8-12(9-2-1-3-9)10-4-6-11(14)7-5-10/h4-7,9,12H,1-3,8,14H2. The van der Waals surface area contributed by atoms with Crippen molar-refractivity contribution in [1.82, 2.24) is 0 Å². The third-order valence-electron chi connectivity index (χ3n) is 3.25. The zero-order chi connectivity index (χ0) is 9.97. The third kappa shape index (κ3) is 1.74. The second-order valence-corrected chi connectivity index (χ2v) is 4.12. The Morgan fingerprint density at radius 2 is 1.93 bits per heavy atom.